The van der Waals surface area contributed by atoms with Gasteiger partial charge in [-0.2, -0.15) is 5.26 Å². The van der Waals surface area contributed by atoms with Crippen LogP contribution in [0.3, 0.4) is 0 Å². The molecule has 0 unspecified atom stereocenters. The lowest BCUT2D eigenvalue weighted by Gasteiger charge is -2.08. The second-order valence-corrected chi connectivity index (χ2v) is 4.36. The molecule has 0 heterocycles. The number of benzene rings is 2. The molecule has 96 valence electrons. The number of rotatable bonds is 4. The van der Waals surface area contributed by atoms with E-state index in [-0.39, 0.29) is 0 Å². The van der Waals surface area contributed by atoms with Gasteiger partial charge in [0.15, 0.2) is 0 Å². The molecule has 0 saturated heterocycles. The van der Waals surface area contributed by atoms with E-state index in [1.54, 1.807) is 25.3 Å². The van der Waals surface area contributed by atoms with Crippen molar-refractivity contribution in [1.82, 2.24) is 0 Å². The second kappa shape index (κ2) is 6.12. The summed E-state index contributed by atoms with van der Waals surface area (Å²) in [6.45, 7) is 0.387. The Hall–Kier alpha value is -2.18. The minimum atomic E-state index is 0.387. The molecule has 0 spiro atoms. The maximum atomic E-state index is 8.93. The van der Waals surface area contributed by atoms with Crippen LogP contribution in [0.2, 0.25) is 5.02 Å². The van der Waals surface area contributed by atoms with Crippen LogP contribution in [0.1, 0.15) is 11.1 Å². The highest BCUT2D eigenvalue weighted by atomic mass is 35.5. The standard InChI is InChI=1S/C15H12ClNO2/c1-18-14-6-12(9-17)7-15(8-14)19-10-11-3-2-4-13(16)5-11/h2-8H,10H2,1H3. The first-order valence-corrected chi connectivity index (χ1v) is 6.05. The van der Waals surface area contributed by atoms with Crippen molar-refractivity contribution in [3.8, 4) is 17.6 Å². The van der Waals surface area contributed by atoms with Crippen LogP contribution in [0.15, 0.2) is 42.5 Å². The SMILES string of the molecule is COc1cc(C#N)cc(OCc2cccc(Cl)c2)c1. The number of nitrogens with zero attached hydrogens (tertiary/aromatic N) is 1. The Morgan fingerprint density at radius 3 is 2.63 bits per heavy atom. The summed E-state index contributed by atoms with van der Waals surface area (Å²) in [7, 11) is 1.55. The summed E-state index contributed by atoms with van der Waals surface area (Å²) in [6, 6.07) is 14.6. The third kappa shape index (κ3) is 3.64. The summed E-state index contributed by atoms with van der Waals surface area (Å²) in [5.74, 6) is 1.19. The minimum Gasteiger partial charge on any atom is -0.497 e. The molecule has 0 atom stereocenters. The van der Waals surface area contributed by atoms with Crippen molar-refractivity contribution in [1.29, 1.82) is 5.26 Å². The molecular formula is C15H12ClNO2. The smallest absolute Gasteiger partial charge is 0.124 e. The fourth-order valence-electron chi connectivity index (χ4n) is 1.63. The van der Waals surface area contributed by atoms with Gasteiger partial charge in [0, 0.05) is 11.1 Å². The largest absolute Gasteiger partial charge is 0.497 e. The minimum absolute atomic E-state index is 0.387. The summed E-state index contributed by atoms with van der Waals surface area (Å²) in [5.41, 5.74) is 1.47. The van der Waals surface area contributed by atoms with E-state index < -0.39 is 0 Å². The molecule has 0 aliphatic carbocycles. The summed E-state index contributed by atoms with van der Waals surface area (Å²) in [6.07, 6.45) is 0. The Bertz CT molecular complexity index is 620. The molecule has 2 rings (SSSR count). The zero-order valence-corrected chi connectivity index (χ0v) is 11.1. The highest BCUT2D eigenvalue weighted by molar-refractivity contribution is 6.30. The van der Waals surface area contributed by atoms with E-state index >= 15 is 0 Å². The molecule has 0 radical (unpaired) electrons. The van der Waals surface area contributed by atoms with Gasteiger partial charge in [0.25, 0.3) is 0 Å². The van der Waals surface area contributed by atoms with Crippen molar-refractivity contribution < 1.29 is 9.47 Å². The van der Waals surface area contributed by atoms with Crippen LogP contribution in [-0.2, 0) is 6.61 Å². The number of ether oxygens (including phenoxy) is 2. The van der Waals surface area contributed by atoms with E-state index in [9.17, 15) is 0 Å². The topological polar surface area (TPSA) is 42.2 Å². The molecular weight excluding hydrogens is 262 g/mol. The van der Waals surface area contributed by atoms with Crippen LogP contribution < -0.4 is 9.47 Å². The maximum Gasteiger partial charge on any atom is 0.124 e. The van der Waals surface area contributed by atoms with E-state index in [1.807, 2.05) is 24.3 Å². The van der Waals surface area contributed by atoms with Crippen molar-refractivity contribution in [3.05, 3.63) is 58.6 Å². The van der Waals surface area contributed by atoms with Gasteiger partial charge >= 0.3 is 0 Å². The maximum absolute atomic E-state index is 8.93. The second-order valence-electron chi connectivity index (χ2n) is 3.93. The molecule has 19 heavy (non-hydrogen) atoms. The van der Waals surface area contributed by atoms with E-state index in [1.165, 1.54) is 0 Å². The molecule has 0 aliphatic heterocycles. The van der Waals surface area contributed by atoms with E-state index in [0.717, 1.165) is 5.56 Å². The van der Waals surface area contributed by atoms with Crippen LogP contribution in [0.4, 0.5) is 0 Å². The summed E-state index contributed by atoms with van der Waals surface area (Å²) in [4.78, 5) is 0. The van der Waals surface area contributed by atoms with E-state index in [0.29, 0.717) is 28.7 Å². The lowest BCUT2D eigenvalue weighted by atomic mass is 10.2. The number of hydrogen-bond donors (Lipinski definition) is 0. The summed E-state index contributed by atoms with van der Waals surface area (Å²) >= 11 is 5.90. The van der Waals surface area contributed by atoms with Gasteiger partial charge in [-0.25, -0.2) is 0 Å². The van der Waals surface area contributed by atoms with Crippen molar-refractivity contribution >= 4 is 11.6 Å². The lowest BCUT2D eigenvalue weighted by Crippen LogP contribution is -1.96. The molecule has 0 aliphatic rings. The Balaban J connectivity index is 2.13. The van der Waals surface area contributed by atoms with Crippen molar-refractivity contribution in [2.24, 2.45) is 0 Å². The van der Waals surface area contributed by atoms with Crippen molar-refractivity contribution in [3.63, 3.8) is 0 Å². The van der Waals surface area contributed by atoms with E-state index in [4.69, 9.17) is 26.3 Å². The fourth-order valence-corrected chi connectivity index (χ4v) is 1.84. The van der Waals surface area contributed by atoms with Crippen LogP contribution in [0.25, 0.3) is 0 Å². The monoisotopic (exact) mass is 273 g/mol. The van der Waals surface area contributed by atoms with Crippen molar-refractivity contribution in [2.75, 3.05) is 7.11 Å². The van der Waals surface area contributed by atoms with Gasteiger partial charge in [-0.05, 0) is 29.8 Å². The Morgan fingerprint density at radius 2 is 1.95 bits per heavy atom. The quantitative estimate of drug-likeness (QED) is 0.851. The van der Waals surface area contributed by atoms with Crippen LogP contribution in [0, 0.1) is 11.3 Å². The first kappa shape index (κ1) is 13.3. The number of methoxy groups -OCH3 is 1. The Kier molecular flexibility index (Phi) is 4.27. The summed E-state index contributed by atoms with van der Waals surface area (Å²) in [5, 5.41) is 9.60. The Labute approximate surface area is 117 Å². The zero-order chi connectivity index (χ0) is 13.7. The van der Waals surface area contributed by atoms with Gasteiger partial charge in [-0.15, -0.1) is 0 Å². The van der Waals surface area contributed by atoms with Crippen molar-refractivity contribution in [2.45, 2.75) is 6.61 Å². The van der Waals surface area contributed by atoms with Crippen LogP contribution >= 0.6 is 11.6 Å². The third-order valence-electron chi connectivity index (χ3n) is 2.54. The molecule has 0 saturated carbocycles. The van der Waals surface area contributed by atoms with Gasteiger partial charge < -0.3 is 9.47 Å². The van der Waals surface area contributed by atoms with E-state index in [2.05, 4.69) is 6.07 Å². The lowest BCUT2D eigenvalue weighted by molar-refractivity contribution is 0.303. The molecule has 2 aromatic rings. The van der Waals surface area contributed by atoms with Crippen LogP contribution in [0.5, 0.6) is 11.5 Å². The number of hydrogen-bond acceptors (Lipinski definition) is 3. The van der Waals surface area contributed by atoms with Gasteiger partial charge in [0.05, 0.1) is 18.7 Å². The molecule has 0 N–H and O–H groups in total. The third-order valence-corrected chi connectivity index (χ3v) is 2.77. The molecule has 0 aromatic heterocycles. The normalized spacial score (nSPS) is 9.74. The molecule has 2 aromatic carbocycles. The first-order chi connectivity index (χ1) is 9.21. The zero-order valence-electron chi connectivity index (χ0n) is 10.4. The first-order valence-electron chi connectivity index (χ1n) is 5.67. The highest BCUT2D eigenvalue weighted by Gasteiger charge is 2.03. The highest BCUT2D eigenvalue weighted by Crippen LogP contribution is 2.23. The predicted octanol–water partition coefficient (Wildman–Crippen LogP) is 3.80. The van der Waals surface area contributed by atoms with Gasteiger partial charge in [-0.3, -0.25) is 0 Å². The average Bonchev–Trinajstić information content (AvgIpc) is 2.44. The molecule has 0 fully saturated rings. The average molecular weight is 274 g/mol. The molecule has 0 bridgehead atoms. The number of halogens is 1. The fraction of sp³-hybridized carbons (Fsp3) is 0.133. The number of nitriles is 1. The Morgan fingerprint density at radius 1 is 1.16 bits per heavy atom. The summed E-state index contributed by atoms with van der Waals surface area (Å²) < 4.78 is 10.8. The molecule has 4 heteroatoms. The predicted molar refractivity (Wildman–Crippen MR) is 73.5 cm³/mol. The van der Waals surface area contributed by atoms with Gasteiger partial charge in [0.1, 0.15) is 18.1 Å². The molecule has 3 nitrogen and oxygen atoms in total. The van der Waals surface area contributed by atoms with Gasteiger partial charge in [0.2, 0.25) is 0 Å². The van der Waals surface area contributed by atoms with Crippen LogP contribution in [-0.4, -0.2) is 7.11 Å². The molecule has 0 amide bonds. The van der Waals surface area contributed by atoms with Gasteiger partial charge in [-0.1, -0.05) is 23.7 Å².